The molecule has 5 nitrogen and oxygen atoms in total. The van der Waals surface area contributed by atoms with Crippen molar-refractivity contribution in [1.82, 2.24) is 14.8 Å². The molecule has 3 heterocycles. The standard InChI is InChI=1S/C17H15N3O2/c1-20-8-11(7-18-20)14-4-12(10-2-3-10)13-5-16-17(22-9-21-16)6-15(13)19-14/h4-8,10H,2-3,9H2,1H3. The van der Waals surface area contributed by atoms with Crippen molar-refractivity contribution in [3.8, 4) is 22.8 Å². The fourth-order valence-electron chi connectivity index (χ4n) is 3.08. The molecule has 0 spiro atoms. The van der Waals surface area contributed by atoms with Crippen molar-refractivity contribution >= 4 is 10.9 Å². The van der Waals surface area contributed by atoms with E-state index in [0.717, 1.165) is 28.3 Å². The summed E-state index contributed by atoms with van der Waals surface area (Å²) in [5.74, 6) is 2.25. The molecule has 0 saturated heterocycles. The second kappa shape index (κ2) is 4.22. The van der Waals surface area contributed by atoms with Gasteiger partial charge in [-0.05, 0) is 36.5 Å². The van der Waals surface area contributed by atoms with Gasteiger partial charge in [0.05, 0.1) is 17.4 Å². The Balaban J connectivity index is 1.77. The van der Waals surface area contributed by atoms with Gasteiger partial charge in [0.25, 0.3) is 0 Å². The van der Waals surface area contributed by atoms with Gasteiger partial charge in [-0.3, -0.25) is 4.68 Å². The highest BCUT2D eigenvalue weighted by molar-refractivity contribution is 5.89. The number of aryl methyl sites for hydroxylation is 1. The summed E-state index contributed by atoms with van der Waals surface area (Å²) < 4.78 is 12.8. The third-order valence-corrected chi connectivity index (χ3v) is 4.35. The van der Waals surface area contributed by atoms with Crippen LogP contribution in [0.15, 0.2) is 30.6 Å². The van der Waals surface area contributed by atoms with Crippen molar-refractivity contribution in [2.75, 3.05) is 6.79 Å². The van der Waals surface area contributed by atoms with E-state index in [1.54, 1.807) is 4.68 Å². The number of hydrogen-bond acceptors (Lipinski definition) is 4. The molecular weight excluding hydrogens is 278 g/mol. The normalized spacial score (nSPS) is 16.4. The van der Waals surface area contributed by atoms with Gasteiger partial charge in [0.1, 0.15) is 0 Å². The minimum atomic E-state index is 0.292. The second-order valence-electron chi connectivity index (χ2n) is 6.00. The van der Waals surface area contributed by atoms with Crippen molar-refractivity contribution < 1.29 is 9.47 Å². The number of ether oxygens (including phenoxy) is 2. The van der Waals surface area contributed by atoms with Crippen LogP contribution in [0.2, 0.25) is 0 Å². The van der Waals surface area contributed by atoms with Crippen LogP contribution in [-0.2, 0) is 7.05 Å². The van der Waals surface area contributed by atoms with Crippen molar-refractivity contribution in [3.63, 3.8) is 0 Å². The third-order valence-electron chi connectivity index (χ3n) is 4.35. The summed E-state index contributed by atoms with van der Waals surface area (Å²) >= 11 is 0. The molecule has 1 saturated carbocycles. The predicted octanol–water partition coefficient (Wildman–Crippen LogP) is 3.24. The second-order valence-corrected chi connectivity index (χ2v) is 6.00. The van der Waals surface area contributed by atoms with Gasteiger partial charge in [0.15, 0.2) is 11.5 Å². The summed E-state index contributed by atoms with van der Waals surface area (Å²) in [6.45, 7) is 0.292. The van der Waals surface area contributed by atoms with E-state index in [0.29, 0.717) is 12.7 Å². The summed E-state index contributed by atoms with van der Waals surface area (Å²) in [5.41, 5.74) is 4.35. The minimum absolute atomic E-state index is 0.292. The Labute approximate surface area is 127 Å². The molecule has 1 fully saturated rings. The van der Waals surface area contributed by atoms with Crippen LogP contribution in [0.3, 0.4) is 0 Å². The van der Waals surface area contributed by atoms with Gasteiger partial charge in [0.2, 0.25) is 6.79 Å². The molecule has 22 heavy (non-hydrogen) atoms. The first-order valence-corrected chi connectivity index (χ1v) is 7.51. The van der Waals surface area contributed by atoms with Gasteiger partial charge in [-0.1, -0.05) is 0 Å². The maximum Gasteiger partial charge on any atom is 0.231 e. The molecule has 5 heteroatoms. The van der Waals surface area contributed by atoms with Crippen LogP contribution in [0.5, 0.6) is 11.5 Å². The van der Waals surface area contributed by atoms with E-state index in [4.69, 9.17) is 14.5 Å². The molecule has 2 aromatic heterocycles. The van der Waals surface area contributed by atoms with Gasteiger partial charge in [-0.15, -0.1) is 0 Å². The van der Waals surface area contributed by atoms with Crippen LogP contribution in [0.1, 0.15) is 24.3 Å². The first-order valence-electron chi connectivity index (χ1n) is 7.51. The van der Waals surface area contributed by atoms with Crippen LogP contribution < -0.4 is 9.47 Å². The molecule has 0 atom stereocenters. The molecule has 0 N–H and O–H groups in total. The lowest BCUT2D eigenvalue weighted by atomic mass is 10.0. The van der Waals surface area contributed by atoms with Crippen molar-refractivity contribution in [3.05, 3.63) is 36.2 Å². The lowest BCUT2D eigenvalue weighted by molar-refractivity contribution is 0.174. The number of pyridine rings is 1. The van der Waals surface area contributed by atoms with Crippen LogP contribution >= 0.6 is 0 Å². The number of hydrogen-bond donors (Lipinski definition) is 0. The molecule has 3 aromatic rings. The Kier molecular flexibility index (Phi) is 2.31. The Morgan fingerprint density at radius 2 is 1.95 bits per heavy atom. The largest absolute Gasteiger partial charge is 0.454 e. The van der Waals surface area contributed by atoms with E-state index >= 15 is 0 Å². The monoisotopic (exact) mass is 293 g/mol. The zero-order valence-electron chi connectivity index (χ0n) is 12.2. The minimum Gasteiger partial charge on any atom is -0.454 e. The highest BCUT2D eigenvalue weighted by Gasteiger charge is 2.28. The SMILES string of the molecule is Cn1cc(-c2cc(C3CC3)c3cc4c(cc3n2)OCO4)cn1. The topological polar surface area (TPSA) is 49.2 Å². The van der Waals surface area contributed by atoms with Gasteiger partial charge in [-0.2, -0.15) is 5.10 Å². The van der Waals surface area contributed by atoms with E-state index in [2.05, 4.69) is 17.2 Å². The Hall–Kier alpha value is -2.56. The molecule has 5 rings (SSSR count). The molecule has 0 amide bonds. The Morgan fingerprint density at radius 3 is 2.68 bits per heavy atom. The number of aromatic nitrogens is 3. The summed E-state index contributed by atoms with van der Waals surface area (Å²) in [6, 6.07) is 6.27. The average molecular weight is 293 g/mol. The van der Waals surface area contributed by atoms with Crippen LogP contribution in [0.25, 0.3) is 22.2 Å². The van der Waals surface area contributed by atoms with E-state index < -0.39 is 0 Å². The Bertz CT molecular complexity index is 896. The highest BCUT2D eigenvalue weighted by Crippen LogP contribution is 2.46. The lowest BCUT2D eigenvalue weighted by Crippen LogP contribution is -1.92. The molecule has 2 aliphatic rings. The predicted molar refractivity (Wildman–Crippen MR) is 82.0 cm³/mol. The van der Waals surface area contributed by atoms with Crippen molar-refractivity contribution in [1.29, 1.82) is 0 Å². The summed E-state index contributed by atoms with van der Waals surface area (Å²) in [4.78, 5) is 4.82. The number of fused-ring (bicyclic) bond motifs is 2. The average Bonchev–Trinajstić information content (AvgIpc) is 3.11. The maximum atomic E-state index is 5.52. The highest BCUT2D eigenvalue weighted by atomic mass is 16.7. The lowest BCUT2D eigenvalue weighted by Gasteiger charge is -2.09. The quantitative estimate of drug-likeness (QED) is 0.728. The first kappa shape index (κ1) is 12.0. The van der Waals surface area contributed by atoms with Gasteiger partial charge >= 0.3 is 0 Å². The molecule has 1 aliphatic heterocycles. The number of benzene rings is 1. The fourth-order valence-corrected chi connectivity index (χ4v) is 3.08. The van der Waals surface area contributed by atoms with Gasteiger partial charge in [0, 0.05) is 30.3 Å². The zero-order chi connectivity index (χ0) is 14.7. The van der Waals surface area contributed by atoms with Crippen LogP contribution in [-0.4, -0.2) is 21.6 Å². The summed E-state index contributed by atoms with van der Waals surface area (Å²) in [6.07, 6.45) is 6.36. The van der Waals surface area contributed by atoms with Gasteiger partial charge < -0.3 is 9.47 Å². The van der Waals surface area contributed by atoms with Crippen LogP contribution in [0.4, 0.5) is 0 Å². The molecule has 1 aliphatic carbocycles. The molecule has 0 unspecified atom stereocenters. The summed E-state index contributed by atoms with van der Waals surface area (Å²) in [7, 11) is 1.92. The Morgan fingerprint density at radius 1 is 1.14 bits per heavy atom. The van der Waals surface area contributed by atoms with E-state index in [-0.39, 0.29) is 0 Å². The van der Waals surface area contributed by atoms with Crippen molar-refractivity contribution in [2.24, 2.45) is 7.05 Å². The van der Waals surface area contributed by atoms with Gasteiger partial charge in [-0.25, -0.2) is 4.98 Å². The molecule has 110 valence electrons. The van der Waals surface area contributed by atoms with E-state index in [1.165, 1.54) is 23.8 Å². The van der Waals surface area contributed by atoms with Crippen molar-refractivity contribution in [2.45, 2.75) is 18.8 Å². The first-order chi connectivity index (χ1) is 10.8. The summed E-state index contributed by atoms with van der Waals surface area (Å²) in [5, 5.41) is 5.43. The molecular formula is C17H15N3O2. The maximum absolute atomic E-state index is 5.52. The third kappa shape index (κ3) is 1.78. The molecule has 0 bridgehead atoms. The molecule has 0 radical (unpaired) electrons. The van der Waals surface area contributed by atoms with Crippen LogP contribution in [0, 0.1) is 0 Å². The zero-order valence-corrected chi connectivity index (χ0v) is 12.2. The molecule has 1 aromatic carbocycles. The smallest absolute Gasteiger partial charge is 0.231 e. The van der Waals surface area contributed by atoms with E-state index in [9.17, 15) is 0 Å². The number of nitrogens with zero attached hydrogens (tertiary/aromatic N) is 3. The number of rotatable bonds is 2. The fraction of sp³-hybridized carbons (Fsp3) is 0.294. The van der Waals surface area contributed by atoms with E-state index in [1.807, 2.05) is 25.5 Å².